The fourth-order valence-corrected chi connectivity index (χ4v) is 5.89. The van der Waals surface area contributed by atoms with E-state index in [0.717, 1.165) is 24.1 Å². The molecule has 5 nitrogen and oxygen atoms in total. The Labute approximate surface area is 140 Å². The van der Waals surface area contributed by atoms with Crippen LogP contribution in [0.4, 0.5) is 0 Å². The maximum Gasteiger partial charge on any atom is 0.177 e. The second-order valence-corrected chi connectivity index (χ2v) is 8.57. The van der Waals surface area contributed by atoms with E-state index in [4.69, 9.17) is 5.26 Å². The summed E-state index contributed by atoms with van der Waals surface area (Å²) in [5.41, 5.74) is 2.62. The van der Waals surface area contributed by atoms with Gasteiger partial charge < -0.3 is 0 Å². The summed E-state index contributed by atoms with van der Waals surface area (Å²) in [5.74, 6) is -0.912. The quantitative estimate of drug-likeness (QED) is 0.786. The molecule has 6 heteroatoms. The van der Waals surface area contributed by atoms with Crippen molar-refractivity contribution in [2.75, 3.05) is 5.75 Å². The third kappa shape index (κ3) is 2.23. The molecule has 2 aliphatic heterocycles. The van der Waals surface area contributed by atoms with E-state index in [1.165, 1.54) is 0 Å². The molecule has 0 amide bonds. The van der Waals surface area contributed by atoms with Gasteiger partial charge in [-0.05, 0) is 30.5 Å². The first-order chi connectivity index (χ1) is 11.5. The molecule has 1 saturated carbocycles. The highest BCUT2D eigenvalue weighted by Gasteiger charge is 2.47. The van der Waals surface area contributed by atoms with Gasteiger partial charge in [-0.25, -0.2) is 8.42 Å². The molecule has 2 atom stereocenters. The summed E-state index contributed by atoms with van der Waals surface area (Å²) in [7, 11) is -3.40. The van der Waals surface area contributed by atoms with Crippen molar-refractivity contribution >= 4 is 21.3 Å². The summed E-state index contributed by atoms with van der Waals surface area (Å²) >= 11 is 0. The number of nitrogens with zero attached hydrogens (tertiary/aromatic N) is 2. The third-order valence-electron chi connectivity index (χ3n) is 5.06. The molecule has 0 radical (unpaired) electrons. The minimum absolute atomic E-state index is 0.0565. The second-order valence-electron chi connectivity index (χ2n) is 6.50. The van der Waals surface area contributed by atoms with Crippen LogP contribution < -0.4 is 0 Å². The molecule has 0 spiro atoms. The molecule has 1 fully saturated rings. The van der Waals surface area contributed by atoms with Crippen molar-refractivity contribution < 1.29 is 13.2 Å². The fourth-order valence-electron chi connectivity index (χ4n) is 4.04. The Kier molecular flexibility index (Phi) is 3.43. The van der Waals surface area contributed by atoms with E-state index < -0.39 is 21.7 Å². The Hall–Kier alpha value is -2.26. The number of Topliss-reactive ketones (excluding diaryl/α,β-unsaturated/α-hetero) is 1. The summed E-state index contributed by atoms with van der Waals surface area (Å²) in [6.45, 7) is 0. The number of hydrogen-bond acceptors (Lipinski definition) is 5. The van der Waals surface area contributed by atoms with Crippen molar-refractivity contribution in [1.82, 2.24) is 0 Å². The molecule has 3 aliphatic rings. The van der Waals surface area contributed by atoms with E-state index in [9.17, 15) is 13.2 Å². The average molecular weight is 340 g/mol. The van der Waals surface area contributed by atoms with E-state index in [1.807, 2.05) is 6.07 Å². The molecule has 122 valence electrons. The molecule has 0 aromatic heterocycles. The normalized spacial score (nSPS) is 28.0. The van der Waals surface area contributed by atoms with Crippen LogP contribution in [0.15, 0.2) is 39.9 Å². The van der Waals surface area contributed by atoms with Crippen LogP contribution in [-0.4, -0.2) is 25.7 Å². The maximum atomic E-state index is 12.6. The number of allylic oxidation sites excluding steroid dienone is 2. The predicted octanol–water partition coefficient (Wildman–Crippen LogP) is 2.50. The molecule has 0 bridgehead atoms. The Morgan fingerprint density at radius 1 is 1.17 bits per heavy atom. The Morgan fingerprint density at radius 3 is 2.79 bits per heavy atom. The van der Waals surface area contributed by atoms with Gasteiger partial charge >= 0.3 is 0 Å². The molecule has 2 unspecified atom stereocenters. The fraction of sp³-hybridized carbons (Fsp3) is 0.389. The number of aliphatic imine (C=N–C) groups is 1. The zero-order valence-electron chi connectivity index (χ0n) is 13.0. The molecule has 0 N–H and O–H groups in total. The first kappa shape index (κ1) is 15.3. The van der Waals surface area contributed by atoms with Gasteiger partial charge in [-0.1, -0.05) is 12.1 Å². The van der Waals surface area contributed by atoms with Crippen LogP contribution in [0.25, 0.3) is 0 Å². The number of ketones is 1. The number of carbonyl (C=O) groups is 1. The van der Waals surface area contributed by atoms with Gasteiger partial charge in [0.25, 0.3) is 0 Å². The van der Waals surface area contributed by atoms with Gasteiger partial charge in [-0.2, -0.15) is 5.26 Å². The Morgan fingerprint density at radius 2 is 2.00 bits per heavy atom. The van der Waals surface area contributed by atoms with Crippen molar-refractivity contribution in [3.05, 3.63) is 46.0 Å². The highest BCUT2D eigenvalue weighted by atomic mass is 32.2. The summed E-state index contributed by atoms with van der Waals surface area (Å²) < 4.78 is 25.2. The molecule has 2 heterocycles. The smallest absolute Gasteiger partial charge is 0.177 e. The third-order valence-corrected chi connectivity index (χ3v) is 6.96. The van der Waals surface area contributed by atoms with Crippen molar-refractivity contribution in [3.8, 4) is 6.07 Å². The highest BCUT2D eigenvalue weighted by Crippen LogP contribution is 2.48. The molecule has 1 aromatic rings. The number of rotatable bonds is 1. The van der Waals surface area contributed by atoms with E-state index in [-0.39, 0.29) is 11.5 Å². The van der Waals surface area contributed by atoms with Gasteiger partial charge in [-0.15, -0.1) is 0 Å². The summed E-state index contributed by atoms with van der Waals surface area (Å²) in [6, 6.07) is 9.03. The van der Waals surface area contributed by atoms with Crippen LogP contribution in [0, 0.1) is 17.2 Å². The van der Waals surface area contributed by atoms with Crippen LogP contribution in [0.5, 0.6) is 0 Å². The lowest BCUT2D eigenvalue weighted by Gasteiger charge is -2.34. The highest BCUT2D eigenvalue weighted by molar-refractivity contribution is 7.95. The zero-order chi connectivity index (χ0) is 16.9. The summed E-state index contributed by atoms with van der Waals surface area (Å²) in [6.07, 6.45) is 2.38. The molecule has 4 rings (SSSR count). The molecule has 1 aromatic carbocycles. The monoisotopic (exact) mass is 340 g/mol. The van der Waals surface area contributed by atoms with Crippen molar-refractivity contribution in [1.29, 1.82) is 5.26 Å². The van der Waals surface area contributed by atoms with Crippen molar-refractivity contribution in [2.24, 2.45) is 10.9 Å². The largest absolute Gasteiger partial charge is 0.299 e. The molecular formula is C18H16N2O3S. The van der Waals surface area contributed by atoms with Crippen molar-refractivity contribution in [3.63, 3.8) is 0 Å². The van der Waals surface area contributed by atoms with E-state index in [2.05, 4.69) is 11.1 Å². The van der Waals surface area contributed by atoms with Crippen LogP contribution in [-0.2, 0) is 14.6 Å². The van der Waals surface area contributed by atoms with Crippen LogP contribution in [0.1, 0.15) is 42.7 Å². The summed E-state index contributed by atoms with van der Waals surface area (Å²) in [4.78, 5) is 17.5. The zero-order valence-corrected chi connectivity index (χ0v) is 13.8. The lowest BCUT2D eigenvalue weighted by molar-refractivity contribution is -0.121. The number of fused-ring (bicyclic) bond motifs is 1. The van der Waals surface area contributed by atoms with Crippen LogP contribution in [0.2, 0.25) is 0 Å². The average Bonchev–Trinajstić information content (AvgIpc) is 2.88. The van der Waals surface area contributed by atoms with E-state index in [0.29, 0.717) is 29.0 Å². The molecular weight excluding hydrogens is 324 g/mol. The van der Waals surface area contributed by atoms with Gasteiger partial charge in [0.2, 0.25) is 0 Å². The molecule has 1 aliphatic carbocycles. The number of benzene rings is 1. The van der Waals surface area contributed by atoms with Gasteiger partial charge in [0.05, 0.1) is 33.9 Å². The molecule has 0 saturated heterocycles. The first-order valence-corrected chi connectivity index (χ1v) is 9.72. The Balaban J connectivity index is 1.95. The van der Waals surface area contributed by atoms with Gasteiger partial charge in [-0.3, -0.25) is 9.79 Å². The number of carbonyl (C=O) groups excluding carboxylic acids is 1. The van der Waals surface area contributed by atoms with Crippen LogP contribution >= 0.6 is 0 Å². The lowest BCUT2D eigenvalue weighted by atomic mass is 9.72. The first-order valence-electron chi connectivity index (χ1n) is 8.07. The minimum Gasteiger partial charge on any atom is -0.299 e. The maximum absolute atomic E-state index is 12.6. The molecule has 24 heavy (non-hydrogen) atoms. The lowest BCUT2D eigenvalue weighted by Crippen LogP contribution is -2.37. The number of sulfone groups is 1. The Bertz CT molecular complexity index is 951. The topological polar surface area (TPSA) is 87.4 Å². The van der Waals surface area contributed by atoms with E-state index in [1.54, 1.807) is 18.2 Å². The summed E-state index contributed by atoms with van der Waals surface area (Å²) in [5, 5.41) is 9.16. The van der Waals surface area contributed by atoms with Gasteiger partial charge in [0.15, 0.2) is 9.84 Å². The predicted molar refractivity (Wildman–Crippen MR) is 89.1 cm³/mol. The van der Waals surface area contributed by atoms with E-state index >= 15 is 0 Å². The number of hydrogen-bond donors (Lipinski definition) is 0. The number of nitriles is 1. The second kappa shape index (κ2) is 5.38. The van der Waals surface area contributed by atoms with Gasteiger partial charge in [0.1, 0.15) is 5.78 Å². The van der Waals surface area contributed by atoms with Gasteiger partial charge in [0, 0.05) is 24.5 Å². The minimum atomic E-state index is -3.40. The standard InChI is InChI=1S/C18H16N2O3S/c19-10-11-3-1-4-12(9-11)16-17-13(5-2-6-15(17)21)20-14-7-8-24(22,23)18(14)16/h1,3-4,9,16-17H,2,5-8H2. The van der Waals surface area contributed by atoms with Crippen molar-refractivity contribution in [2.45, 2.75) is 31.6 Å². The van der Waals surface area contributed by atoms with Crippen LogP contribution in [0.3, 0.4) is 0 Å². The SMILES string of the molecule is N#Cc1cccc(C2C3=C(CCS3(=O)=O)N=C3CCCC(=O)C32)c1.